The molecule has 1 amide bonds. The summed E-state index contributed by atoms with van der Waals surface area (Å²) in [5.41, 5.74) is 0.704. The van der Waals surface area contributed by atoms with Crippen molar-refractivity contribution >= 4 is 5.91 Å². The molecule has 19 heavy (non-hydrogen) atoms. The van der Waals surface area contributed by atoms with E-state index in [1.165, 1.54) is 0 Å². The molecule has 0 fully saturated rings. The van der Waals surface area contributed by atoms with Crippen molar-refractivity contribution in [2.75, 3.05) is 7.11 Å². The lowest BCUT2D eigenvalue weighted by Crippen LogP contribution is -2.30. The van der Waals surface area contributed by atoms with Crippen LogP contribution in [0.4, 0.5) is 0 Å². The van der Waals surface area contributed by atoms with E-state index in [0.717, 1.165) is 0 Å². The van der Waals surface area contributed by atoms with Gasteiger partial charge in [-0.25, -0.2) is 0 Å². The SMILES string of the molecule is COc1cccc(-c2nnc(C(=O)NC(C)C)o2)c1. The predicted molar refractivity (Wildman–Crippen MR) is 68.9 cm³/mol. The second-order valence-electron chi connectivity index (χ2n) is 4.27. The van der Waals surface area contributed by atoms with Gasteiger partial charge >= 0.3 is 11.8 Å². The normalized spacial score (nSPS) is 10.5. The molecule has 0 saturated heterocycles. The Kier molecular flexibility index (Phi) is 3.79. The molecular formula is C13H15N3O3. The lowest BCUT2D eigenvalue weighted by molar-refractivity contribution is 0.0909. The third-order valence-electron chi connectivity index (χ3n) is 2.36. The van der Waals surface area contributed by atoms with E-state index in [1.807, 2.05) is 26.0 Å². The summed E-state index contributed by atoms with van der Waals surface area (Å²) in [6, 6.07) is 7.20. The van der Waals surface area contributed by atoms with Crippen molar-refractivity contribution in [1.82, 2.24) is 15.5 Å². The quantitative estimate of drug-likeness (QED) is 0.909. The van der Waals surface area contributed by atoms with Crippen LogP contribution in [0.25, 0.3) is 11.5 Å². The van der Waals surface area contributed by atoms with Crippen LogP contribution in [0.15, 0.2) is 28.7 Å². The Labute approximate surface area is 110 Å². The Morgan fingerprint density at radius 3 is 2.84 bits per heavy atom. The smallest absolute Gasteiger partial charge is 0.309 e. The molecule has 1 aromatic heterocycles. The maximum absolute atomic E-state index is 11.7. The summed E-state index contributed by atoms with van der Waals surface area (Å²) >= 11 is 0. The minimum Gasteiger partial charge on any atom is -0.497 e. The van der Waals surface area contributed by atoms with Crippen LogP contribution in [0.2, 0.25) is 0 Å². The Bertz CT molecular complexity index is 578. The fourth-order valence-electron chi connectivity index (χ4n) is 1.51. The molecule has 0 saturated carbocycles. The number of rotatable bonds is 4. The molecule has 100 valence electrons. The van der Waals surface area contributed by atoms with Crippen molar-refractivity contribution < 1.29 is 13.9 Å². The van der Waals surface area contributed by atoms with Crippen LogP contribution >= 0.6 is 0 Å². The van der Waals surface area contributed by atoms with Gasteiger partial charge in [-0.15, -0.1) is 10.2 Å². The molecule has 0 aliphatic rings. The number of aromatic nitrogens is 2. The molecule has 0 aliphatic heterocycles. The summed E-state index contributed by atoms with van der Waals surface area (Å²) in [6.45, 7) is 3.72. The number of hydrogen-bond acceptors (Lipinski definition) is 5. The Morgan fingerprint density at radius 1 is 1.37 bits per heavy atom. The number of ether oxygens (including phenoxy) is 1. The first-order valence-corrected chi connectivity index (χ1v) is 5.89. The Hall–Kier alpha value is -2.37. The van der Waals surface area contributed by atoms with E-state index >= 15 is 0 Å². The van der Waals surface area contributed by atoms with E-state index in [1.54, 1.807) is 19.2 Å². The number of nitrogens with zero attached hydrogens (tertiary/aromatic N) is 2. The zero-order valence-corrected chi connectivity index (χ0v) is 11.0. The first kappa shape index (κ1) is 13.1. The zero-order valence-electron chi connectivity index (χ0n) is 11.0. The molecule has 0 spiro atoms. The molecule has 1 heterocycles. The number of carbonyl (C=O) groups excluding carboxylic acids is 1. The molecular weight excluding hydrogens is 246 g/mol. The maximum Gasteiger partial charge on any atom is 0.309 e. The van der Waals surface area contributed by atoms with E-state index in [0.29, 0.717) is 11.3 Å². The van der Waals surface area contributed by atoms with Crippen LogP contribution < -0.4 is 10.1 Å². The first-order valence-electron chi connectivity index (χ1n) is 5.89. The maximum atomic E-state index is 11.7. The highest BCUT2D eigenvalue weighted by atomic mass is 16.5. The summed E-state index contributed by atoms with van der Waals surface area (Å²) < 4.78 is 10.5. The molecule has 6 heteroatoms. The van der Waals surface area contributed by atoms with Crippen molar-refractivity contribution in [3.8, 4) is 17.2 Å². The van der Waals surface area contributed by atoms with Crippen LogP contribution in [-0.2, 0) is 0 Å². The highest BCUT2D eigenvalue weighted by molar-refractivity contribution is 5.89. The van der Waals surface area contributed by atoms with Gasteiger partial charge in [0, 0.05) is 11.6 Å². The monoisotopic (exact) mass is 261 g/mol. The van der Waals surface area contributed by atoms with Crippen molar-refractivity contribution in [2.45, 2.75) is 19.9 Å². The summed E-state index contributed by atoms with van der Waals surface area (Å²) in [6.07, 6.45) is 0. The van der Waals surface area contributed by atoms with Gasteiger partial charge < -0.3 is 14.5 Å². The van der Waals surface area contributed by atoms with Gasteiger partial charge in [-0.05, 0) is 32.0 Å². The van der Waals surface area contributed by atoms with E-state index in [9.17, 15) is 4.79 Å². The van der Waals surface area contributed by atoms with Crippen LogP contribution in [-0.4, -0.2) is 29.3 Å². The average Bonchev–Trinajstić information content (AvgIpc) is 2.88. The van der Waals surface area contributed by atoms with Crippen LogP contribution in [0, 0.1) is 0 Å². The first-order chi connectivity index (χ1) is 9.10. The highest BCUT2D eigenvalue weighted by Crippen LogP contribution is 2.22. The minimum atomic E-state index is -0.378. The van der Waals surface area contributed by atoms with E-state index in [2.05, 4.69) is 15.5 Å². The molecule has 1 N–H and O–H groups in total. The van der Waals surface area contributed by atoms with Crippen LogP contribution in [0.5, 0.6) is 5.75 Å². The van der Waals surface area contributed by atoms with Gasteiger partial charge in [-0.2, -0.15) is 0 Å². The van der Waals surface area contributed by atoms with E-state index in [-0.39, 0.29) is 23.7 Å². The molecule has 2 aromatic rings. The van der Waals surface area contributed by atoms with Gasteiger partial charge in [0.25, 0.3) is 0 Å². The molecule has 6 nitrogen and oxygen atoms in total. The summed E-state index contributed by atoms with van der Waals surface area (Å²) in [5.74, 6) is 0.542. The largest absolute Gasteiger partial charge is 0.497 e. The van der Waals surface area contributed by atoms with Gasteiger partial charge in [-0.3, -0.25) is 4.79 Å². The molecule has 1 aromatic carbocycles. The molecule has 2 rings (SSSR count). The number of nitrogens with one attached hydrogen (secondary N) is 1. The Balaban J connectivity index is 2.22. The molecule has 0 radical (unpaired) electrons. The third-order valence-corrected chi connectivity index (χ3v) is 2.36. The Morgan fingerprint density at radius 2 is 2.16 bits per heavy atom. The summed E-state index contributed by atoms with van der Waals surface area (Å²) in [7, 11) is 1.58. The van der Waals surface area contributed by atoms with Gasteiger partial charge in [0.2, 0.25) is 5.89 Å². The third kappa shape index (κ3) is 3.09. The van der Waals surface area contributed by atoms with Crippen molar-refractivity contribution in [3.63, 3.8) is 0 Å². The minimum absolute atomic E-state index is 0.0136. The van der Waals surface area contributed by atoms with Crippen LogP contribution in [0.1, 0.15) is 24.5 Å². The zero-order chi connectivity index (χ0) is 13.8. The van der Waals surface area contributed by atoms with Crippen molar-refractivity contribution in [1.29, 1.82) is 0 Å². The fraction of sp³-hybridized carbons (Fsp3) is 0.308. The molecule has 0 aliphatic carbocycles. The number of methoxy groups -OCH3 is 1. The number of hydrogen-bond donors (Lipinski definition) is 1. The number of carbonyl (C=O) groups is 1. The predicted octanol–water partition coefficient (Wildman–Crippen LogP) is 1.88. The van der Waals surface area contributed by atoms with Gasteiger partial charge in [0.1, 0.15) is 5.75 Å². The lowest BCUT2D eigenvalue weighted by atomic mass is 10.2. The second kappa shape index (κ2) is 5.51. The topological polar surface area (TPSA) is 77.2 Å². The second-order valence-corrected chi connectivity index (χ2v) is 4.27. The standard InChI is InChI=1S/C13H15N3O3/c1-8(2)14-11(17)13-16-15-12(19-13)9-5-4-6-10(7-9)18-3/h4-8H,1-3H3,(H,14,17). The molecule has 0 atom stereocenters. The van der Waals surface area contributed by atoms with Crippen molar-refractivity contribution in [3.05, 3.63) is 30.2 Å². The number of benzene rings is 1. The fourth-order valence-corrected chi connectivity index (χ4v) is 1.51. The summed E-state index contributed by atoms with van der Waals surface area (Å²) in [4.78, 5) is 11.7. The lowest BCUT2D eigenvalue weighted by Gasteiger charge is -2.04. The van der Waals surface area contributed by atoms with Gasteiger partial charge in [-0.1, -0.05) is 6.07 Å². The van der Waals surface area contributed by atoms with E-state index in [4.69, 9.17) is 9.15 Å². The van der Waals surface area contributed by atoms with E-state index < -0.39 is 0 Å². The highest BCUT2D eigenvalue weighted by Gasteiger charge is 2.16. The average molecular weight is 261 g/mol. The summed E-state index contributed by atoms with van der Waals surface area (Å²) in [5, 5.41) is 10.3. The van der Waals surface area contributed by atoms with Crippen LogP contribution in [0.3, 0.4) is 0 Å². The molecule has 0 unspecified atom stereocenters. The van der Waals surface area contributed by atoms with Gasteiger partial charge in [0.15, 0.2) is 0 Å². The molecule has 0 bridgehead atoms. The van der Waals surface area contributed by atoms with Gasteiger partial charge in [0.05, 0.1) is 7.11 Å². The number of amides is 1. The van der Waals surface area contributed by atoms with Crippen molar-refractivity contribution in [2.24, 2.45) is 0 Å².